The molecule has 1 unspecified atom stereocenters. The topological polar surface area (TPSA) is 12.0 Å². The summed E-state index contributed by atoms with van der Waals surface area (Å²) in [6.45, 7) is 9.60. The van der Waals surface area contributed by atoms with Crippen molar-refractivity contribution in [2.24, 2.45) is 5.92 Å². The zero-order valence-corrected chi connectivity index (χ0v) is 8.48. The van der Waals surface area contributed by atoms with Gasteiger partial charge in [0, 0.05) is 6.04 Å². The van der Waals surface area contributed by atoms with E-state index in [-0.39, 0.29) is 0 Å². The van der Waals surface area contributed by atoms with E-state index in [9.17, 15) is 0 Å². The zero-order chi connectivity index (χ0) is 8.69. The SMILES string of the molecule is CC.CCNC(C)C1CCC1. The molecule has 1 nitrogen and oxygen atoms in total. The molecule has 1 fully saturated rings. The fourth-order valence-corrected chi connectivity index (χ4v) is 1.43. The summed E-state index contributed by atoms with van der Waals surface area (Å²) >= 11 is 0. The number of rotatable bonds is 3. The van der Waals surface area contributed by atoms with Crippen molar-refractivity contribution in [1.82, 2.24) is 5.32 Å². The molecule has 0 aromatic carbocycles. The Morgan fingerprint density at radius 3 is 2.18 bits per heavy atom. The van der Waals surface area contributed by atoms with E-state index >= 15 is 0 Å². The Hall–Kier alpha value is -0.0400. The monoisotopic (exact) mass is 157 g/mol. The lowest BCUT2D eigenvalue weighted by atomic mass is 9.80. The second kappa shape index (κ2) is 6.66. The second-order valence-electron chi connectivity index (χ2n) is 3.04. The van der Waals surface area contributed by atoms with Gasteiger partial charge in [-0.15, -0.1) is 0 Å². The smallest absolute Gasteiger partial charge is 0.00668 e. The first-order valence-corrected chi connectivity index (χ1v) is 5.08. The molecule has 1 saturated carbocycles. The Kier molecular flexibility index (Phi) is 6.63. The quantitative estimate of drug-likeness (QED) is 0.664. The lowest BCUT2D eigenvalue weighted by Crippen LogP contribution is -2.36. The molecule has 1 rings (SSSR count). The minimum absolute atomic E-state index is 0.767. The normalized spacial score (nSPS) is 19.6. The summed E-state index contributed by atoms with van der Waals surface area (Å²) in [5.41, 5.74) is 0. The summed E-state index contributed by atoms with van der Waals surface area (Å²) in [4.78, 5) is 0. The van der Waals surface area contributed by atoms with Gasteiger partial charge in [-0.3, -0.25) is 0 Å². The number of nitrogens with one attached hydrogen (secondary N) is 1. The molecule has 1 aliphatic rings. The van der Waals surface area contributed by atoms with Crippen LogP contribution in [0.25, 0.3) is 0 Å². The lowest BCUT2D eigenvalue weighted by Gasteiger charge is -2.31. The molecule has 1 atom stereocenters. The van der Waals surface area contributed by atoms with E-state index < -0.39 is 0 Å². The van der Waals surface area contributed by atoms with E-state index in [2.05, 4.69) is 19.2 Å². The molecule has 0 aliphatic heterocycles. The molecule has 0 amide bonds. The molecule has 0 saturated heterocycles. The van der Waals surface area contributed by atoms with Gasteiger partial charge in [-0.25, -0.2) is 0 Å². The first-order chi connectivity index (χ1) is 5.34. The molecular weight excluding hydrogens is 134 g/mol. The fourth-order valence-electron chi connectivity index (χ4n) is 1.43. The molecule has 0 heterocycles. The highest BCUT2D eigenvalue weighted by Gasteiger charge is 2.22. The van der Waals surface area contributed by atoms with Crippen LogP contribution in [0.4, 0.5) is 0 Å². The molecule has 0 aromatic rings. The summed E-state index contributed by atoms with van der Waals surface area (Å²) in [5, 5.41) is 3.45. The third-order valence-corrected chi connectivity index (χ3v) is 2.38. The summed E-state index contributed by atoms with van der Waals surface area (Å²) in [6.07, 6.45) is 4.36. The average molecular weight is 157 g/mol. The van der Waals surface area contributed by atoms with Gasteiger partial charge in [-0.05, 0) is 32.2 Å². The Labute approximate surface area is 71.6 Å². The van der Waals surface area contributed by atoms with Crippen LogP contribution in [0.3, 0.4) is 0 Å². The van der Waals surface area contributed by atoms with Crippen molar-refractivity contribution < 1.29 is 0 Å². The highest BCUT2D eigenvalue weighted by atomic mass is 14.9. The van der Waals surface area contributed by atoms with Crippen molar-refractivity contribution in [3.63, 3.8) is 0 Å². The maximum Gasteiger partial charge on any atom is 0.00668 e. The highest BCUT2D eigenvalue weighted by molar-refractivity contribution is 4.78. The lowest BCUT2D eigenvalue weighted by molar-refractivity contribution is 0.243. The van der Waals surface area contributed by atoms with Crippen LogP contribution in [-0.2, 0) is 0 Å². The van der Waals surface area contributed by atoms with E-state index in [0.29, 0.717) is 0 Å². The van der Waals surface area contributed by atoms with Gasteiger partial charge in [-0.1, -0.05) is 27.2 Å². The summed E-state index contributed by atoms with van der Waals surface area (Å²) in [5.74, 6) is 0.991. The van der Waals surface area contributed by atoms with Crippen LogP contribution >= 0.6 is 0 Å². The van der Waals surface area contributed by atoms with Gasteiger partial charge in [0.15, 0.2) is 0 Å². The van der Waals surface area contributed by atoms with Crippen LogP contribution in [-0.4, -0.2) is 12.6 Å². The maximum atomic E-state index is 3.45. The van der Waals surface area contributed by atoms with Crippen LogP contribution in [0.2, 0.25) is 0 Å². The average Bonchev–Trinajstić information content (AvgIpc) is 1.89. The van der Waals surface area contributed by atoms with Gasteiger partial charge < -0.3 is 5.32 Å². The summed E-state index contributed by atoms with van der Waals surface area (Å²) < 4.78 is 0. The van der Waals surface area contributed by atoms with Gasteiger partial charge in [0.2, 0.25) is 0 Å². The molecule has 0 aromatic heterocycles. The van der Waals surface area contributed by atoms with E-state index in [1.807, 2.05) is 13.8 Å². The first kappa shape index (κ1) is 11.0. The van der Waals surface area contributed by atoms with Gasteiger partial charge in [0.05, 0.1) is 0 Å². The van der Waals surface area contributed by atoms with Gasteiger partial charge >= 0.3 is 0 Å². The molecule has 68 valence electrons. The molecular formula is C10H23N. The molecule has 0 spiro atoms. The molecule has 1 N–H and O–H groups in total. The molecule has 0 radical (unpaired) electrons. The molecule has 1 heteroatoms. The first-order valence-electron chi connectivity index (χ1n) is 5.08. The van der Waals surface area contributed by atoms with E-state index in [1.54, 1.807) is 0 Å². The van der Waals surface area contributed by atoms with Crippen molar-refractivity contribution in [3.05, 3.63) is 0 Å². The van der Waals surface area contributed by atoms with Crippen molar-refractivity contribution in [3.8, 4) is 0 Å². The van der Waals surface area contributed by atoms with E-state index in [4.69, 9.17) is 0 Å². The number of hydrogen-bond acceptors (Lipinski definition) is 1. The van der Waals surface area contributed by atoms with Crippen LogP contribution in [0.5, 0.6) is 0 Å². The van der Waals surface area contributed by atoms with Crippen LogP contribution in [0.1, 0.15) is 47.0 Å². The van der Waals surface area contributed by atoms with Gasteiger partial charge in [0.25, 0.3) is 0 Å². The molecule has 1 aliphatic carbocycles. The predicted octanol–water partition coefficient (Wildman–Crippen LogP) is 2.81. The van der Waals surface area contributed by atoms with E-state index in [1.165, 1.54) is 19.3 Å². The predicted molar refractivity (Wildman–Crippen MR) is 51.8 cm³/mol. The Bertz CT molecular complexity index is 76.9. The minimum atomic E-state index is 0.767. The number of hydrogen-bond donors (Lipinski definition) is 1. The Morgan fingerprint density at radius 1 is 1.36 bits per heavy atom. The fraction of sp³-hybridized carbons (Fsp3) is 1.00. The van der Waals surface area contributed by atoms with Crippen molar-refractivity contribution in [2.45, 2.75) is 53.0 Å². The van der Waals surface area contributed by atoms with Crippen LogP contribution < -0.4 is 5.32 Å². The Balaban J connectivity index is 0.000000461. The largest absolute Gasteiger partial charge is 0.314 e. The van der Waals surface area contributed by atoms with Crippen LogP contribution in [0.15, 0.2) is 0 Å². The third-order valence-electron chi connectivity index (χ3n) is 2.38. The van der Waals surface area contributed by atoms with Crippen molar-refractivity contribution >= 4 is 0 Å². The van der Waals surface area contributed by atoms with E-state index in [0.717, 1.165) is 18.5 Å². The summed E-state index contributed by atoms with van der Waals surface area (Å²) in [7, 11) is 0. The van der Waals surface area contributed by atoms with Crippen LogP contribution in [0, 0.1) is 5.92 Å². The minimum Gasteiger partial charge on any atom is -0.314 e. The standard InChI is InChI=1S/C8H17N.C2H6/c1-3-9-7(2)8-5-4-6-8;1-2/h7-9H,3-6H2,1-2H3;1-2H3. The maximum absolute atomic E-state index is 3.45. The molecule has 11 heavy (non-hydrogen) atoms. The van der Waals surface area contributed by atoms with Crippen molar-refractivity contribution in [1.29, 1.82) is 0 Å². The Morgan fingerprint density at radius 2 is 1.91 bits per heavy atom. The summed E-state index contributed by atoms with van der Waals surface area (Å²) in [6, 6.07) is 0.767. The van der Waals surface area contributed by atoms with Gasteiger partial charge in [0.1, 0.15) is 0 Å². The zero-order valence-electron chi connectivity index (χ0n) is 8.48. The highest BCUT2D eigenvalue weighted by Crippen LogP contribution is 2.28. The van der Waals surface area contributed by atoms with Crippen molar-refractivity contribution in [2.75, 3.05) is 6.54 Å². The molecule has 0 bridgehead atoms. The van der Waals surface area contributed by atoms with Gasteiger partial charge in [-0.2, -0.15) is 0 Å². The third kappa shape index (κ3) is 3.76. The second-order valence-corrected chi connectivity index (χ2v) is 3.04.